The van der Waals surface area contributed by atoms with Crippen LogP contribution in [0.4, 0.5) is 16.2 Å². The van der Waals surface area contributed by atoms with Gasteiger partial charge in [0.05, 0.1) is 23.8 Å². The van der Waals surface area contributed by atoms with Crippen LogP contribution in [-0.2, 0) is 4.74 Å². The highest BCUT2D eigenvalue weighted by Gasteiger charge is 2.21. The van der Waals surface area contributed by atoms with Crippen LogP contribution < -0.4 is 10.2 Å². The number of anilines is 2. The number of piperazine rings is 1. The van der Waals surface area contributed by atoms with Crippen molar-refractivity contribution >= 4 is 23.4 Å². The molecule has 144 valence electrons. The lowest BCUT2D eigenvalue weighted by Gasteiger charge is -2.36. The number of nitrogens with zero attached hydrogens (tertiary/aromatic N) is 3. The van der Waals surface area contributed by atoms with E-state index >= 15 is 0 Å². The number of nitrogens with one attached hydrogen (secondary N) is 1. The number of rotatable bonds is 4. The third kappa shape index (κ3) is 4.60. The monoisotopic (exact) mass is 378 g/mol. The third-order valence-electron chi connectivity index (χ3n) is 4.55. The third-order valence-corrected chi connectivity index (χ3v) is 4.55. The second-order valence-electron chi connectivity index (χ2n) is 6.36. The Morgan fingerprint density at radius 1 is 1.11 bits per heavy atom. The Hall–Kier alpha value is -3.53. The topological polar surface area (TPSA) is 85.7 Å². The van der Waals surface area contributed by atoms with Gasteiger partial charge >= 0.3 is 12.0 Å². The predicted octanol–water partition coefficient (Wildman–Crippen LogP) is 3.09. The summed E-state index contributed by atoms with van der Waals surface area (Å²) in [6.07, 6.45) is 0. The molecule has 2 aromatic carbocycles. The van der Waals surface area contributed by atoms with E-state index in [1.54, 1.807) is 48.2 Å². The molecular formula is C21H22N4O3. The van der Waals surface area contributed by atoms with Gasteiger partial charge in [-0.1, -0.05) is 6.07 Å². The van der Waals surface area contributed by atoms with E-state index in [0.29, 0.717) is 49.6 Å². The van der Waals surface area contributed by atoms with Gasteiger partial charge in [0, 0.05) is 37.6 Å². The molecule has 7 nitrogen and oxygen atoms in total. The molecule has 0 radical (unpaired) electrons. The second kappa shape index (κ2) is 8.91. The normalized spacial score (nSPS) is 13.6. The van der Waals surface area contributed by atoms with Gasteiger partial charge in [0.1, 0.15) is 0 Å². The molecule has 0 bridgehead atoms. The SMILES string of the molecule is CCOC(=O)c1ccc(N2CCN(C(=O)Nc3cccc(C#N)c3)CC2)cc1. The quantitative estimate of drug-likeness (QED) is 0.827. The fourth-order valence-electron chi connectivity index (χ4n) is 3.06. The molecule has 1 heterocycles. The minimum atomic E-state index is -0.323. The molecule has 0 aliphatic carbocycles. The summed E-state index contributed by atoms with van der Waals surface area (Å²) in [7, 11) is 0. The summed E-state index contributed by atoms with van der Waals surface area (Å²) in [6, 6.07) is 16.1. The van der Waals surface area contributed by atoms with Crippen LogP contribution >= 0.6 is 0 Å². The Labute approximate surface area is 164 Å². The summed E-state index contributed by atoms with van der Waals surface area (Å²) in [4.78, 5) is 28.1. The van der Waals surface area contributed by atoms with Gasteiger partial charge in [0.25, 0.3) is 0 Å². The van der Waals surface area contributed by atoms with Crippen LogP contribution in [0.1, 0.15) is 22.8 Å². The highest BCUT2D eigenvalue weighted by molar-refractivity contribution is 5.90. The van der Waals surface area contributed by atoms with E-state index in [0.717, 1.165) is 5.69 Å². The van der Waals surface area contributed by atoms with E-state index in [9.17, 15) is 9.59 Å². The lowest BCUT2D eigenvalue weighted by Crippen LogP contribution is -2.50. The van der Waals surface area contributed by atoms with Crippen molar-refractivity contribution in [1.82, 2.24) is 4.90 Å². The molecule has 0 aromatic heterocycles. The summed E-state index contributed by atoms with van der Waals surface area (Å²) >= 11 is 0. The van der Waals surface area contributed by atoms with Gasteiger partial charge in [-0.15, -0.1) is 0 Å². The molecule has 28 heavy (non-hydrogen) atoms. The number of amides is 2. The maximum absolute atomic E-state index is 12.5. The molecule has 1 saturated heterocycles. The summed E-state index contributed by atoms with van der Waals surface area (Å²) in [5, 5.41) is 11.8. The molecule has 1 aliphatic heterocycles. The Bertz CT molecular complexity index is 881. The molecular weight excluding hydrogens is 356 g/mol. The van der Waals surface area contributed by atoms with E-state index in [1.165, 1.54) is 0 Å². The lowest BCUT2D eigenvalue weighted by molar-refractivity contribution is 0.0526. The van der Waals surface area contributed by atoms with Crippen LogP contribution in [0.2, 0.25) is 0 Å². The first-order valence-corrected chi connectivity index (χ1v) is 9.19. The first kappa shape index (κ1) is 19.2. The number of esters is 1. The zero-order valence-electron chi connectivity index (χ0n) is 15.7. The average molecular weight is 378 g/mol. The summed E-state index contributed by atoms with van der Waals surface area (Å²) < 4.78 is 5.00. The Morgan fingerprint density at radius 2 is 1.82 bits per heavy atom. The van der Waals surface area contributed by atoms with Crippen LogP contribution in [0.5, 0.6) is 0 Å². The van der Waals surface area contributed by atoms with Crippen LogP contribution in [0.15, 0.2) is 48.5 Å². The summed E-state index contributed by atoms with van der Waals surface area (Å²) in [5.41, 5.74) is 2.66. The molecule has 0 unspecified atom stereocenters. The van der Waals surface area contributed by atoms with Gasteiger partial charge in [-0.05, 0) is 49.4 Å². The minimum Gasteiger partial charge on any atom is -0.462 e. The number of urea groups is 1. The number of hydrogen-bond donors (Lipinski definition) is 1. The zero-order chi connectivity index (χ0) is 19.9. The van der Waals surface area contributed by atoms with Crippen LogP contribution in [0, 0.1) is 11.3 Å². The van der Waals surface area contributed by atoms with Crippen LogP contribution in [0.3, 0.4) is 0 Å². The molecule has 7 heteroatoms. The summed E-state index contributed by atoms with van der Waals surface area (Å²) in [6.45, 7) is 4.70. The molecule has 0 spiro atoms. The Morgan fingerprint density at radius 3 is 2.46 bits per heavy atom. The van der Waals surface area contributed by atoms with Gasteiger partial charge in [0.15, 0.2) is 0 Å². The molecule has 0 atom stereocenters. The second-order valence-corrected chi connectivity index (χ2v) is 6.36. The number of ether oxygens (including phenoxy) is 1. The van der Waals surface area contributed by atoms with E-state index < -0.39 is 0 Å². The fourth-order valence-corrected chi connectivity index (χ4v) is 3.06. The van der Waals surface area contributed by atoms with Crippen LogP contribution in [-0.4, -0.2) is 49.7 Å². The molecule has 0 saturated carbocycles. The highest BCUT2D eigenvalue weighted by Crippen LogP contribution is 2.19. The molecule has 2 aromatic rings. The fraction of sp³-hybridized carbons (Fsp3) is 0.286. The summed E-state index contributed by atoms with van der Waals surface area (Å²) in [5.74, 6) is -0.323. The van der Waals surface area contributed by atoms with Gasteiger partial charge in [-0.3, -0.25) is 0 Å². The average Bonchev–Trinajstić information content (AvgIpc) is 2.74. The molecule has 1 N–H and O–H groups in total. The van der Waals surface area contributed by atoms with Gasteiger partial charge < -0.3 is 19.9 Å². The van der Waals surface area contributed by atoms with E-state index in [2.05, 4.69) is 16.3 Å². The van der Waals surface area contributed by atoms with Crippen molar-refractivity contribution in [3.63, 3.8) is 0 Å². The molecule has 1 aliphatic rings. The smallest absolute Gasteiger partial charge is 0.338 e. The number of hydrogen-bond acceptors (Lipinski definition) is 5. The van der Waals surface area contributed by atoms with E-state index in [1.807, 2.05) is 12.1 Å². The number of carbonyl (C=O) groups is 2. The number of benzene rings is 2. The maximum atomic E-state index is 12.5. The van der Waals surface area contributed by atoms with Crippen molar-refractivity contribution in [2.75, 3.05) is 43.0 Å². The minimum absolute atomic E-state index is 0.174. The highest BCUT2D eigenvalue weighted by atomic mass is 16.5. The number of carbonyl (C=O) groups excluding carboxylic acids is 2. The lowest BCUT2D eigenvalue weighted by atomic mass is 10.2. The molecule has 2 amide bonds. The van der Waals surface area contributed by atoms with Crippen molar-refractivity contribution in [2.24, 2.45) is 0 Å². The zero-order valence-corrected chi connectivity index (χ0v) is 15.7. The maximum Gasteiger partial charge on any atom is 0.338 e. The van der Waals surface area contributed by atoms with Gasteiger partial charge in [-0.25, -0.2) is 9.59 Å². The van der Waals surface area contributed by atoms with Crippen molar-refractivity contribution in [2.45, 2.75) is 6.92 Å². The van der Waals surface area contributed by atoms with E-state index in [-0.39, 0.29) is 12.0 Å². The van der Waals surface area contributed by atoms with Crippen molar-refractivity contribution in [3.05, 3.63) is 59.7 Å². The van der Waals surface area contributed by atoms with Crippen molar-refractivity contribution in [1.29, 1.82) is 5.26 Å². The first-order valence-electron chi connectivity index (χ1n) is 9.19. The van der Waals surface area contributed by atoms with E-state index in [4.69, 9.17) is 10.00 Å². The standard InChI is InChI=1S/C21H22N4O3/c1-2-28-20(26)17-6-8-19(9-7-17)24-10-12-25(13-11-24)21(27)23-18-5-3-4-16(14-18)15-22/h3-9,14H,2,10-13H2,1H3,(H,23,27). The first-order chi connectivity index (χ1) is 13.6. The Balaban J connectivity index is 1.54. The van der Waals surface area contributed by atoms with Crippen LogP contribution in [0.25, 0.3) is 0 Å². The van der Waals surface area contributed by atoms with Crippen molar-refractivity contribution in [3.8, 4) is 6.07 Å². The largest absolute Gasteiger partial charge is 0.462 e. The van der Waals surface area contributed by atoms with Gasteiger partial charge in [0.2, 0.25) is 0 Å². The Kier molecular flexibility index (Phi) is 6.12. The molecule has 1 fully saturated rings. The number of nitriles is 1. The van der Waals surface area contributed by atoms with Crippen molar-refractivity contribution < 1.29 is 14.3 Å². The molecule has 3 rings (SSSR count). The van der Waals surface area contributed by atoms with Gasteiger partial charge in [-0.2, -0.15) is 5.26 Å². The predicted molar refractivity (Wildman–Crippen MR) is 106 cm³/mol.